The minimum absolute atomic E-state index is 0.618. The average Bonchev–Trinajstić information content (AvgIpc) is 2.47. The van der Waals surface area contributed by atoms with Crippen LogP contribution >= 0.6 is 0 Å². The van der Waals surface area contributed by atoms with Crippen molar-refractivity contribution in [2.24, 2.45) is 0 Å². The molecule has 0 bridgehead atoms. The summed E-state index contributed by atoms with van der Waals surface area (Å²) in [5.74, 6) is 1.16. The van der Waals surface area contributed by atoms with Gasteiger partial charge >= 0.3 is 0 Å². The zero-order valence-corrected chi connectivity index (χ0v) is 11.9. The Morgan fingerprint density at radius 1 is 1.21 bits per heavy atom. The van der Waals surface area contributed by atoms with Crippen LogP contribution in [-0.4, -0.2) is 36.1 Å². The molecule has 1 aromatic heterocycles. The summed E-state index contributed by atoms with van der Waals surface area (Å²) in [6.07, 6.45) is 10.5. The molecule has 1 aliphatic heterocycles. The first-order valence-electron chi connectivity index (χ1n) is 7.62. The number of anilines is 1. The van der Waals surface area contributed by atoms with E-state index in [0.717, 1.165) is 25.2 Å². The molecule has 4 nitrogen and oxygen atoms in total. The predicted octanol–water partition coefficient (Wildman–Crippen LogP) is 1.93. The first kappa shape index (κ1) is 12.9. The molecule has 2 aliphatic rings. The minimum atomic E-state index is 0.618. The zero-order valence-electron chi connectivity index (χ0n) is 11.9. The second kappa shape index (κ2) is 5.87. The lowest BCUT2D eigenvalue weighted by atomic mass is 9.96. The molecule has 4 heteroatoms. The largest absolute Gasteiger partial charge is 0.358 e. The van der Waals surface area contributed by atoms with Crippen molar-refractivity contribution >= 4 is 5.82 Å². The van der Waals surface area contributed by atoms with Crippen LogP contribution in [0.2, 0.25) is 0 Å². The summed E-state index contributed by atoms with van der Waals surface area (Å²) in [7, 11) is 2.17. The van der Waals surface area contributed by atoms with Gasteiger partial charge in [0.05, 0.1) is 0 Å². The molecule has 1 fully saturated rings. The van der Waals surface area contributed by atoms with Crippen LogP contribution in [0.3, 0.4) is 0 Å². The van der Waals surface area contributed by atoms with Gasteiger partial charge in [-0.25, -0.2) is 9.97 Å². The molecule has 0 spiro atoms. The molecule has 1 aliphatic carbocycles. The van der Waals surface area contributed by atoms with Gasteiger partial charge in [0.15, 0.2) is 0 Å². The number of piperidine rings is 1. The molecular formula is C15H24N4. The fraction of sp³-hybridized carbons (Fsp3) is 0.733. The number of rotatable bonds is 3. The van der Waals surface area contributed by atoms with Crippen molar-refractivity contribution < 1.29 is 0 Å². The van der Waals surface area contributed by atoms with E-state index < -0.39 is 0 Å². The summed E-state index contributed by atoms with van der Waals surface area (Å²) in [6.45, 7) is 2.23. The Bertz CT molecular complexity index is 426. The fourth-order valence-electron chi connectivity index (χ4n) is 3.33. The lowest BCUT2D eigenvalue weighted by molar-refractivity contribution is 0.402. The maximum absolute atomic E-state index is 4.54. The summed E-state index contributed by atoms with van der Waals surface area (Å²) in [4.78, 5) is 11.3. The minimum Gasteiger partial charge on any atom is -0.358 e. The zero-order chi connectivity index (χ0) is 13.1. The van der Waals surface area contributed by atoms with Gasteiger partial charge in [-0.2, -0.15) is 0 Å². The van der Waals surface area contributed by atoms with Crippen molar-refractivity contribution in [3.8, 4) is 0 Å². The average molecular weight is 260 g/mol. The van der Waals surface area contributed by atoms with Gasteiger partial charge in [0, 0.05) is 30.9 Å². The molecule has 1 saturated heterocycles. The first-order valence-corrected chi connectivity index (χ1v) is 7.62. The van der Waals surface area contributed by atoms with Gasteiger partial charge in [0.25, 0.3) is 0 Å². The highest BCUT2D eigenvalue weighted by Gasteiger charge is 2.20. The first-order chi connectivity index (χ1) is 9.34. The molecule has 2 heterocycles. The number of aromatic nitrogens is 2. The molecule has 1 atom stereocenters. The predicted molar refractivity (Wildman–Crippen MR) is 77.6 cm³/mol. The van der Waals surface area contributed by atoms with Gasteiger partial charge in [0.1, 0.15) is 12.1 Å². The van der Waals surface area contributed by atoms with Crippen LogP contribution in [0.1, 0.15) is 43.4 Å². The number of nitrogens with zero attached hydrogens (tertiary/aromatic N) is 3. The molecule has 1 N–H and O–H groups in total. The molecule has 19 heavy (non-hydrogen) atoms. The van der Waals surface area contributed by atoms with Crippen LogP contribution in [-0.2, 0) is 12.8 Å². The monoisotopic (exact) mass is 260 g/mol. The highest BCUT2D eigenvalue weighted by Crippen LogP contribution is 2.26. The van der Waals surface area contributed by atoms with E-state index >= 15 is 0 Å². The Morgan fingerprint density at radius 3 is 2.95 bits per heavy atom. The standard InChI is InChI=1S/C15H24N4/c1-19(10-12-6-4-5-9-16-12)15-13-7-2-3-8-14(13)17-11-18-15/h11-12,16H,2-10H2,1H3. The van der Waals surface area contributed by atoms with Crippen molar-refractivity contribution in [2.45, 2.75) is 51.0 Å². The molecule has 3 rings (SSSR count). The van der Waals surface area contributed by atoms with Crippen molar-refractivity contribution in [3.05, 3.63) is 17.6 Å². The summed E-state index contributed by atoms with van der Waals surface area (Å²) in [5, 5.41) is 3.61. The van der Waals surface area contributed by atoms with E-state index in [1.807, 2.05) is 0 Å². The summed E-state index contributed by atoms with van der Waals surface area (Å²) in [5.41, 5.74) is 2.67. The summed E-state index contributed by atoms with van der Waals surface area (Å²) < 4.78 is 0. The van der Waals surface area contributed by atoms with Crippen LogP contribution in [0.5, 0.6) is 0 Å². The summed E-state index contributed by atoms with van der Waals surface area (Å²) in [6, 6.07) is 0.618. The van der Waals surface area contributed by atoms with Crippen molar-refractivity contribution in [3.63, 3.8) is 0 Å². The Kier molecular flexibility index (Phi) is 3.97. The molecular weight excluding hydrogens is 236 g/mol. The quantitative estimate of drug-likeness (QED) is 0.901. The molecule has 1 unspecified atom stereocenters. The Morgan fingerprint density at radius 2 is 2.11 bits per heavy atom. The van der Waals surface area contributed by atoms with Gasteiger partial charge in [-0.05, 0) is 45.1 Å². The molecule has 1 aromatic rings. The number of hydrogen-bond donors (Lipinski definition) is 1. The van der Waals surface area contributed by atoms with Gasteiger partial charge < -0.3 is 10.2 Å². The van der Waals surface area contributed by atoms with Crippen LogP contribution < -0.4 is 10.2 Å². The third-order valence-corrected chi connectivity index (χ3v) is 4.37. The van der Waals surface area contributed by atoms with E-state index in [0.29, 0.717) is 6.04 Å². The number of hydrogen-bond acceptors (Lipinski definition) is 4. The van der Waals surface area contributed by atoms with Crippen molar-refractivity contribution in [1.82, 2.24) is 15.3 Å². The molecule has 0 radical (unpaired) electrons. The topological polar surface area (TPSA) is 41.0 Å². The van der Waals surface area contributed by atoms with E-state index in [2.05, 4.69) is 27.2 Å². The molecule has 0 aromatic carbocycles. The maximum Gasteiger partial charge on any atom is 0.135 e. The lowest BCUT2D eigenvalue weighted by Crippen LogP contribution is -2.43. The van der Waals surface area contributed by atoms with Gasteiger partial charge in [-0.15, -0.1) is 0 Å². The molecule has 104 valence electrons. The lowest BCUT2D eigenvalue weighted by Gasteiger charge is -2.30. The third kappa shape index (κ3) is 2.89. The molecule has 0 saturated carbocycles. The van der Waals surface area contributed by atoms with E-state index in [1.165, 1.54) is 49.9 Å². The van der Waals surface area contributed by atoms with E-state index in [-0.39, 0.29) is 0 Å². The maximum atomic E-state index is 4.54. The van der Waals surface area contributed by atoms with Crippen molar-refractivity contribution in [1.29, 1.82) is 0 Å². The van der Waals surface area contributed by atoms with E-state index in [1.54, 1.807) is 6.33 Å². The smallest absolute Gasteiger partial charge is 0.135 e. The van der Waals surface area contributed by atoms with Gasteiger partial charge in [-0.3, -0.25) is 0 Å². The second-order valence-corrected chi connectivity index (χ2v) is 5.86. The number of aryl methyl sites for hydroxylation is 1. The number of fused-ring (bicyclic) bond motifs is 1. The Hall–Kier alpha value is -1.16. The van der Waals surface area contributed by atoms with Gasteiger partial charge in [-0.1, -0.05) is 6.42 Å². The number of likely N-dealkylation sites (N-methyl/N-ethyl adjacent to an activating group) is 1. The SMILES string of the molecule is CN(CC1CCCCN1)c1ncnc2c1CCCC2. The normalized spacial score (nSPS) is 22.9. The van der Waals surface area contributed by atoms with E-state index in [4.69, 9.17) is 0 Å². The highest BCUT2D eigenvalue weighted by atomic mass is 15.2. The van der Waals surface area contributed by atoms with Gasteiger partial charge in [0.2, 0.25) is 0 Å². The van der Waals surface area contributed by atoms with Crippen LogP contribution in [0.4, 0.5) is 5.82 Å². The Labute approximate surface area is 115 Å². The van der Waals surface area contributed by atoms with E-state index in [9.17, 15) is 0 Å². The highest BCUT2D eigenvalue weighted by molar-refractivity contribution is 5.49. The Balaban J connectivity index is 1.73. The number of nitrogens with one attached hydrogen (secondary N) is 1. The van der Waals surface area contributed by atoms with Crippen LogP contribution in [0, 0.1) is 0 Å². The van der Waals surface area contributed by atoms with Crippen LogP contribution in [0.15, 0.2) is 6.33 Å². The fourth-order valence-corrected chi connectivity index (χ4v) is 3.33. The molecule has 0 amide bonds. The second-order valence-electron chi connectivity index (χ2n) is 5.86. The summed E-state index contributed by atoms with van der Waals surface area (Å²) >= 11 is 0. The third-order valence-electron chi connectivity index (χ3n) is 4.37. The van der Waals surface area contributed by atoms with Crippen molar-refractivity contribution in [2.75, 3.05) is 25.0 Å². The van der Waals surface area contributed by atoms with Crippen LogP contribution in [0.25, 0.3) is 0 Å².